The highest BCUT2D eigenvalue weighted by molar-refractivity contribution is 6.30. The highest BCUT2D eigenvalue weighted by Crippen LogP contribution is 2.21. The SMILES string of the molecule is N#Cc1ccccc1NC(=O)COC(=O)C1CCN(C(=O)c2ccc(Cl)cc2)CC1. The quantitative estimate of drug-likeness (QED) is 0.741. The van der Waals surface area contributed by atoms with Crippen molar-refractivity contribution in [3.8, 4) is 6.07 Å². The number of anilines is 1. The number of carbonyl (C=O) groups excluding carboxylic acids is 3. The number of piperidine rings is 1. The number of carbonyl (C=O) groups is 3. The summed E-state index contributed by atoms with van der Waals surface area (Å²) in [6.07, 6.45) is 0.939. The van der Waals surface area contributed by atoms with Crippen molar-refractivity contribution in [2.75, 3.05) is 25.0 Å². The lowest BCUT2D eigenvalue weighted by Crippen LogP contribution is -2.41. The van der Waals surface area contributed by atoms with Gasteiger partial charge in [0.15, 0.2) is 6.61 Å². The van der Waals surface area contributed by atoms with E-state index in [9.17, 15) is 14.4 Å². The van der Waals surface area contributed by atoms with Crippen LogP contribution in [0, 0.1) is 17.2 Å². The lowest BCUT2D eigenvalue weighted by molar-refractivity contribution is -0.152. The fourth-order valence-corrected chi connectivity index (χ4v) is 3.35. The summed E-state index contributed by atoms with van der Waals surface area (Å²) in [5.74, 6) is -1.44. The largest absolute Gasteiger partial charge is 0.455 e. The Morgan fingerprint density at radius 1 is 1.10 bits per heavy atom. The highest BCUT2D eigenvalue weighted by Gasteiger charge is 2.29. The molecule has 1 saturated heterocycles. The Bertz CT molecular complexity index is 977. The van der Waals surface area contributed by atoms with E-state index in [1.807, 2.05) is 6.07 Å². The second-order valence-corrected chi connectivity index (χ2v) is 7.32. The summed E-state index contributed by atoms with van der Waals surface area (Å²) in [6.45, 7) is 0.439. The van der Waals surface area contributed by atoms with Crippen LogP contribution in [0.3, 0.4) is 0 Å². The van der Waals surface area contributed by atoms with Crippen molar-refractivity contribution < 1.29 is 19.1 Å². The van der Waals surface area contributed by atoms with Gasteiger partial charge in [-0.15, -0.1) is 0 Å². The maximum absolute atomic E-state index is 12.5. The second-order valence-electron chi connectivity index (χ2n) is 6.89. The molecule has 30 heavy (non-hydrogen) atoms. The topological polar surface area (TPSA) is 99.5 Å². The number of likely N-dealkylation sites (tertiary alicyclic amines) is 1. The number of nitrogens with zero attached hydrogens (tertiary/aromatic N) is 2. The van der Waals surface area contributed by atoms with Crippen LogP contribution < -0.4 is 5.32 Å². The molecule has 0 aromatic heterocycles. The number of nitriles is 1. The van der Waals surface area contributed by atoms with Gasteiger partial charge < -0.3 is 15.0 Å². The van der Waals surface area contributed by atoms with E-state index in [0.29, 0.717) is 47.8 Å². The van der Waals surface area contributed by atoms with Gasteiger partial charge in [0.25, 0.3) is 11.8 Å². The van der Waals surface area contributed by atoms with Crippen molar-refractivity contribution in [3.05, 3.63) is 64.7 Å². The molecule has 0 unspecified atom stereocenters. The number of hydrogen-bond donors (Lipinski definition) is 1. The first-order chi connectivity index (χ1) is 14.5. The molecule has 3 rings (SSSR count). The van der Waals surface area contributed by atoms with Crippen LogP contribution in [-0.2, 0) is 14.3 Å². The molecule has 2 aromatic rings. The van der Waals surface area contributed by atoms with Gasteiger partial charge in [-0.05, 0) is 49.2 Å². The maximum atomic E-state index is 12.5. The Kier molecular flexibility index (Phi) is 7.04. The van der Waals surface area contributed by atoms with Gasteiger partial charge in [-0.2, -0.15) is 5.26 Å². The molecule has 0 bridgehead atoms. The highest BCUT2D eigenvalue weighted by atomic mass is 35.5. The third-order valence-electron chi connectivity index (χ3n) is 4.87. The molecule has 154 valence electrons. The van der Waals surface area contributed by atoms with Gasteiger partial charge >= 0.3 is 5.97 Å². The molecule has 1 N–H and O–H groups in total. The van der Waals surface area contributed by atoms with Crippen LogP contribution in [0.4, 0.5) is 5.69 Å². The van der Waals surface area contributed by atoms with E-state index in [1.165, 1.54) is 0 Å². The van der Waals surface area contributed by atoms with Crippen molar-refractivity contribution >= 4 is 35.1 Å². The molecule has 2 amide bonds. The van der Waals surface area contributed by atoms with Crippen LogP contribution in [0.15, 0.2) is 48.5 Å². The molecule has 0 atom stereocenters. The number of amides is 2. The third kappa shape index (κ3) is 5.37. The summed E-state index contributed by atoms with van der Waals surface area (Å²) < 4.78 is 5.13. The number of nitrogens with one attached hydrogen (secondary N) is 1. The van der Waals surface area contributed by atoms with E-state index in [-0.39, 0.29) is 11.8 Å². The van der Waals surface area contributed by atoms with Crippen molar-refractivity contribution in [1.82, 2.24) is 4.90 Å². The van der Waals surface area contributed by atoms with E-state index < -0.39 is 18.5 Å². The van der Waals surface area contributed by atoms with Crippen LogP contribution in [0.25, 0.3) is 0 Å². The maximum Gasteiger partial charge on any atom is 0.309 e. The van der Waals surface area contributed by atoms with Crippen LogP contribution in [-0.4, -0.2) is 42.4 Å². The number of ether oxygens (including phenoxy) is 1. The predicted molar refractivity (Wildman–Crippen MR) is 111 cm³/mol. The number of benzene rings is 2. The molecule has 0 radical (unpaired) electrons. The minimum Gasteiger partial charge on any atom is -0.455 e. The summed E-state index contributed by atoms with van der Waals surface area (Å²) in [5, 5.41) is 12.2. The smallest absolute Gasteiger partial charge is 0.309 e. The summed E-state index contributed by atoms with van der Waals surface area (Å²) in [7, 11) is 0. The van der Waals surface area contributed by atoms with Gasteiger partial charge in [0, 0.05) is 23.7 Å². The normalized spacial score (nSPS) is 13.9. The lowest BCUT2D eigenvalue weighted by atomic mass is 9.96. The molecular formula is C22H20ClN3O4. The Labute approximate surface area is 179 Å². The van der Waals surface area contributed by atoms with Crippen LogP contribution >= 0.6 is 11.6 Å². The summed E-state index contributed by atoms with van der Waals surface area (Å²) in [4.78, 5) is 38.5. The second kappa shape index (κ2) is 9.90. The standard InChI is InChI=1S/C22H20ClN3O4/c23-18-7-5-15(6-8-18)21(28)26-11-9-16(10-12-26)22(29)30-14-20(27)25-19-4-2-1-3-17(19)13-24/h1-8,16H,9-12,14H2,(H,25,27). The van der Waals surface area contributed by atoms with Gasteiger partial charge in [0.1, 0.15) is 6.07 Å². The van der Waals surface area contributed by atoms with E-state index in [1.54, 1.807) is 53.4 Å². The zero-order chi connectivity index (χ0) is 21.5. The predicted octanol–water partition coefficient (Wildman–Crippen LogP) is 3.25. The zero-order valence-corrected chi connectivity index (χ0v) is 16.9. The molecule has 0 aliphatic carbocycles. The Hall–Kier alpha value is -3.37. The van der Waals surface area contributed by atoms with Gasteiger partial charge in [0.05, 0.1) is 17.2 Å². The Balaban J connectivity index is 1.45. The minimum atomic E-state index is -0.513. The van der Waals surface area contributed by atoms with Crippen LogP contribution in [0.5, 0.6) is 0 Å². The Morgan fingerprint density at radius 2 is 1.77 bits per heavy atom. The molecule has 1 heterocycles. The molecule has 0 spiro atoms. The third-order valence-corrected chi connectivity index (χ3v) is 5.13. The van der Waals surface area contributed by atoms with E-state index in [0.717, 1.165) is 0 Å². The van der Waals surface area contributed by atoms with Crippen molar-refractivity contribution in [2.24, 2.45) is 5.92 Å². The molecule has 1 aliphatic rings. The molecule has 1 fully saturated rings. The number of para-hydroxylation sites is 1. The first-order valence-electron chi connectivity index (χ1n) is 9.48. The van der Waals surface area contributed by atoms with E-state index >= 15 is 0 Å². The van der Waals surface area contributed by atoms with Crippen molar-refractivity contribution in [2.45, 2.75) is 12.8 Å². The van der Waals surface area contributed by atoms with Crippen molar-refractivity contribution in [1.29, 1.82) is 5.26 Å². The molecule has 7 nitrogen and oxygen atoms in total. The average molecular weight is 426 g/mol. The molecule has 0 saturated carbocycles. The molecule has 1 aliphatic heterocycles. The minimum absolute atomic E-state index is 0.103. The van der Waals surface area contributed by atoms with Gasteiger partial charge in [-0.3, -0.25) is 14.4 Å². The fraction of sp³-hybridized carbons (Fsp3) is 0.273. The molecular weight excluding hydrogens is 406 g/mol. The van der Waals surface area contributed by atoms with Gasteiger partial charge in [0.2, 0.25) is 0 Å². The van der Waals surface area contributed by atoms with E-state index in [4.69, 9.17) is 21.6 Å². The monoisotopic (exact) mass is 425 g/mol. The summed E-state index contributed by atoms with van der Waals surface area (Å²) >= 11 is 5.85. The fourth-order valence-electron chi connectivity index (χ4n) is 3.22. The first-order valence-corrected chi connectivity index (χ1v) is 9.86. The number of halogens is 1. The summed E-state index contributed by atoms with van der Waals surface area (Å²) in [6, 6.07) is 15.2. The number of esters is 1. The molecule has 8 heteroatoms. The van der Waals surface area contributed by atoms with E-state index in [2.05, 4.69) is 5.32 Å². The van der Waals surface area contributed by atoms with Crippen LogP contribution in [0.2, 0.25) is 5.02 Å². The summed E-state index contributed by atoms with van der Waals surface area (Å²) in [5.41, 5.74) is 1.25. The van der Waals surface area contributed by atoms with Gasteiger partial charge in [-0.25, -0.2) is 0 Å². The van der Waals surface area contributed by atoms with Crippen LogP contribution in [0.1, 0.15) is 28.8 Å². The zero-order valence-electron chi connectivity index (χ0n) is 16.1. The number of hydrogen-bond acceptors (Lipinski definition) is 5. The first kappa shape index (κ1) is 21.3. The average Bonchev–Trinajstić information content (AvgIpc) is 2.78. The Morgan fingerprint density at radius 3 is 2.43 bits per heavy atom. The lowest BCUT2D eigenvalue weighted by Gasteiger charge is -2.31. The molecule has 2 aromatic carbocycles. The number of rotatable bonds is 5. The van der Waals surface area contributed by atoms with Gasteiger partial charge in [-0.1, -0.05) is 23.7 Å². The van der Waals surface area contributed by atoms with Crippen molar-refractivity contribution in [3.63, 3.8) is 0 Å².